The summed E-state index contributed by atoms with van der Waals surface area (Å²) in [5, 5.41) is 7.36. The predicted molar refractivity (Wildman–Crippen MR) is 100 cm³/mol. The molecule has 2 aromatic carbocycles. The predicted octanol–water partition coefficient (Wildman–Crippen LogP) is 3.38. The number of halogens is 2. The molecule has 6 heteroatoms. The highest BCUT2D eigenvalue weighted by Gasteiger charge is 2.28. The third kappa shape index (κ3) is 4.95. The summed E-state index contributed by atoms with van der Waals surface area (Å²) >= 11 is 12.2. The molecule has 0 unspecified atom stereocenters. The van der Waals surface area contributed by atoms with Gasteiger partial charge in [-0.25, -0.2) is 0 Å². The quantitative estimate of drug-likeness (QED) is 0.857. The van der Waals surface area contributed by atoms with Crippen LogP contribution >= 0.6 is 23.2 Å². The van der Waals surface area contributed by atoms with Crippen LogP contribution in [0.25, 0.3) is 0 Å². The first-order chi connectivity index (χ1) is 12.1. The van der Waals surface area contributed by atoms with Crippen LogP contribution in [-0.4, -0.2) is 31.6 Å². The van der Waals surface area contributed by atoms with Gasteiger partial charge in [-0.2, -0.15) is 0 Å². The molecule has 1 aliphatic heterocycles. The monoisotopic (exact) mass is 378 g/mol. The molecule has 1 fully saturated rings. The molecule has 0 saturated carbocycles. The SMILES string of the molecule is O=C(Cc1ccccc1)N[C@@H]1CNCCO[C@H]1c1ccc(Cl)c(Cl)c1. The van der Waals surface area contributed by atoms with Crippen LogP contribution in [0.4, 0.5) is 0 Å². The number of carbonyl (C=O) groups excluding carboxylic acids is 1. The molecule has 0 spiro atoms. The lowest BCUT2D eigenvalue weighted by molar-refractivity contribution is -0.122. The summed E-state index contributed by atoms with van der Waals surface area (Å²) in [5.74, 6) is -0.0337. The summed E-state index contributed by atoms with van der Waals surface area (Å²) in [7, 11) is 0. The van der Waals surface area contributed by atoms with Gasteiger partial charge >= 0.3 is 0 Å². The number of ether oxygens (including phenoxy) is 1. The number of rotatable bonds is 4. The molecule has 1 aliphatic rings. The lowest BCUT2D eigenvalue weighted by Crippen LogP contribution is -2.45. The van der Waals surface area contributed by atoms with Gasteiger partial charge in [0.2, 0.25) is 5.91 Å². The van der Waals surface area contributed by atoms with Crippen LogP contribution in [0.1, 0.15) is 17.2 Å². The molecular formula is C19H20Cl2N2O2. The maximum absolute atomic E-state index is 12.4. The fraction of sp³-hybridized carbons (Fsp3) is 0.316. The minimum absolute atomic E-state index is 0.0337. The van der Waals surface area contributed by atoms with E-state index in [1.165, 1.54) is 0 Å². The second kappa shape index (κ2) is 8.68. The lowest BCUT2D eigenvalue weighted by atomic mass is 10.0. The maximum Gasteiger partial charge on any atom is 0.224 e. The van der Waals surface area contributed by atoms with Crippen LogP contribution in [0.5, 0.6) is 0 Å². The zero-order chi connectivity index (χ0) is 17.6. The standard InChI is InChI=1S/C19H20Cl2N2O2/c20-15-7-6-14(11-16(15)21)19-17(12-22-8-9-25-19)23-18(24)10-13-4-2-1-3-5-13/h1-7,11,17,19,22H,8-10,12H2,(H,23,24)/t17-,19+/m1/s1. The van der Waals surface area contributed by atoms with E-state index in [1.54, 1.807) is 12.1 Å². The Balaban J connectivity index is 1.73. The molecule has 0 aliphatic carbocycles. The van der Waals surface area contributed by atoms with Crippen LogP contribution in [-0.2, 0) is 16.0 Å². The van der Waals surface area contributed by atoms with Gasteiger partial charge in [0, 0.05) is 13.1 Å². The minimum atomic E-state index is -0.274. The largest absolute Gasteiger partial charge is 0.370 e. The molecular weight excluding hydrogens is 359 g/mol. The highest BCUT2D eigenvalue weighted by atomic mass is 35.5. The first kappa shape index (κ1) is 18.2. The molecule has 0 radical (unpaired) electrons. The first-order valence-electron chi connectivity index (χ1n) is 8.24. The Morgan fingerprint density at radius 1 is 1.16 bits per heavy atom. The summed E-state index contributed by atoms with van der Waals surface area (Å²) < 4.78 is 5.97. The van der Waals surface area contributed by atoms with E-state index in [0.29, 0.717) is 29.6 Å². The summed E-state index contributed by atoms with van der Waals surface area (Å²) in [6.07, 6.45) is 0.0651. The zero-order valence-electron chi connectivity index (χ0n) is 13.7. The van der Waals surface area contributed by atoms with Crippen molar-refractivity contribution in [3.63, 3.8) is 0 Å². The van der Waals surface area contributed by atoms with E-state index in [4.69, 9.17) is 27.9 Å². The highest BCUT2D eigenvalue weighted by Crippen LogP contribution is 2.29. The Morgan fingerprint density at radius 3 is 2.72 bits per heavy atom. The highest BCUT2D eigenvalue weighted by molar-refractivity contribution is 6.42. The molecule has 0 bridgehead atoms. The number of hydrogen-bond acceptors (Lipinski definition) is 3. The molecule has 2 atom stereocenters. The van der Waals surface area contributed by atoms with Crippen LogP contribution < -0.4 is 10.6 Å². The molecule has 2 aromatic rings. The average molecular weight is 379 g/mol. The van der Waals surface area contributed by atoms with Gasteiger partial charge in [-0.1, -0.05) is 59.6 Å². The maximum atomic E-state index is 12.4. The number of amides is 1. The van der Waals surface area contributed by atoms with Crippen molar-refractivity contribution in [2.75, 3.05) is 19.7 Å². The molecule has 1 saturated heterocycles. The van der Waals surface area contributed by atoms with E-state index < -0.39 is 0 Å². The molecule has 3 rings (SSSR count). The van der Waals surface area contributed by atoms with Gasteiger partial charge in [-0.3, -0.25) is 4.79 Å². The van der Waals surface area contributed by atoms with Crippen molar-refractivity contribution in [3.8, 4) is 0 Å². The van der Waals surface area contributed by atoms with Crippen LogP contribution in [0.15, 0.2) is 48.5 Å². The van der Waals surface area contributed by atoms with Crippen molar-refractivity contribution in [1.29, 1.82) is 0 Å². The molecule has 1 amide bonds. The van der Waals surface area contributed by atoms with Gasteiger partial charge in [-0.15, -0.1) is 0 Å². The summed E-state index contributed by atoms with van der Waals surface area (Å²) in [6, 6.07) is 14.9. The van der Waals surface area contributed by atoms with Crippen molar-refractivity contribution in [2.24, 2.45) is 0 Å². The fourth-order valence-electron chi connectivity index (χ4n) is 2.92. The normalized spacial score (nSPS) is 20.7. The van der Waals surface area contributed by atoms with E-state index in [0.717, 1.165) is 17.7 Å². The van der Waals surface area contributed by atoms with Crippen molar-refractivity contribution in [1.82, 2.24) is 10.6 Å². The van der Waals surface area contributed by atoms with Gasteiger partial charge in [0.15, 0.2) is 0 Å². The smallest absolute Gasteiger partial charge is 0.224 e. The van der Waals surface area contributed by atoms with Crippen molar-refractivity contribution in [2.45, 2.75) is 18.6 Å². The lowest BCUT2D eigenvalue weighted by Gasteiger charge is -2.26. The van der Waals surface area contributed by atoms with Crippen molar-refractivity contribution in [3.05, 3.63) is 69.7 Å². The molecule has 132 valence electrons. The fourth-order valence-corrected chi connectivity index (χ4v) is 3.23. The zero-order valence-corrected chi connectivity index (χ0v) is 15.2. The van der Waals surface area contributed by atoms with E-state index >= 15 is 0 Å². The topological polar surface area (TPSA) is 50.4 Å². The second-order valence-electron chi connectivity index (χ2n) is 6.01. The summed E-state index contributed by atoms with van der Waals surface area (Å²) in [6.45, 7) is 1.93. The van der Waals surface area contributed by atoms with Gasteiger partial charge in [-0.05, 0) is 23.3 Å². The first-order valence-corrected chi connectivity index (χ1v) is 8.99. The minimum Gasteiger partial charge on any atom is -0.370 e. The molecule has 1 heterocycles. The van der Waals surface area contributed by atoms with Crippen molar-refractivity contribution >= 4 is 29.1 Å². The second-order valence-corrected chi connectivity index (χ2v) is 6.82. The van der Waals surface area contributed by atoms with Gasteiger partial charge in [0.25, 0.3) is 0 Å². The summed E-state index contributed by atoms with van der Waals surface area (Å²) in [4.78, 5) is 12.4. The Labute approximate surface area is 157 Å². The Bertz CT molecular complexity index is 725. The van der Waals surface area contributed by atoms with E-state index in [9.17, 15) is 4.79 Å². The number of hydrogen-bond donors (Lipinski definition) is 2. The van der Waals surface area contributed by atoms with E-state index in [-0.39, 0.29) is 18.1 Å². The van der Waals surface area contributed by atoms with Gasteiger partial charge in [0.1, 0.15) is 6.10 Å². The Kier molecular flexibility index (Phi) is 6.32. The Hall–Kier alpha value is -1.59. The molecule has 4 nitrogen and oxygen atoms in total. The van der Waals surface area contributed by atoms with Gasteiger partial charge in [0.05, 0.1) is 29.1 Å². The van der Waals surface area contributed by atoms with Crippen LogP contribution in [0, 0.1) is 0 Å². The van der Waals surface area contributed by atoms with E-state index in [1.807, 2.05) is 36.4 Å². The third-order valence-electron chi connectivity index (χ3n) is 4.13. The number of benzene rings is 2. The molecule has 0 aromatic heterocycles. The molecule has 25 heavy (non-hydrogen) atoms. The van der Waals surface area contributed by atoms with Crippen LogP contribution in [0.3, 0.4) is 0 Å². The Morgan fingerprint density at radius 2 is 1.96 bits per heavy atom. The number of nitrogens with one attached hydrogen (secondary N) is 2. The molecule has 2 N–H and O–H groups in total. The average Bonchev–Trinajstić information content (AvgIpc) is 2.83. The van der Waals surface area contributed by atoms with Crippen LogP contribution in [0.2, 0.25) is 10.0 Å². The van der Waals surface area contributed by atoms with E-state index in [2.05, 4.69) is 10.6 Å². The third-order valence-corrected chi connectivity index (χ3v) is 4.87. The van der Waals surface area contributed by atoms with Gasteiger partial charge < -0.3 is 15.4 Å². The summed E-state index contributed by atoms with van der Waals surface area (Å²) in [5.41, 5.74) is 1.89. The van der Waals surface area contributed by atoms with Crippen molar-refractivity contribution < 1.29 is 9.53 Å². The number of carbonyl (C=O) groups is 1.